The Balaban J connectivity index is 2.05. The summed E-state index contributed by atoms with van der Waals surface area (Å²) in [7, 11) is 0. The van der Waals surface area contributed by atoms with Crippen molar-refractivity contribution >= 4 is 11.8 Å². The van der Waals surface area contributed by atoms with Crippen molar-refractivity contribution in [1.82, 2.24) is 16.0 Å². The summed E-state index contributed by atoms with van der Waals surface area (Å²) in [6.07, 6.45) is 2.20. The first-order valence-electron chi connectivity index (χ1n) is 5.99. The van der Waals surface area contributed by atoms with Gasteiger partial charge in [0.25, 0.3) is 0 Å². The maximum Gasteiger partial charge on any atom is 0.224 e. The van der Waals surface area contributed by atoms with Gasteiger partial charge in [0.2, 0.25) is 11.8 Å². The predicted molar refractivity (Wildman–Crippen MR) is 61.9 cm³/mol. The van der Waals surface area contributed by atoms with Crippen LogP contribution in [0.15, 0.2) is 0 Å². The largest absolute Gasteiger partial charge is 0.356 e. The van der Waals surface area contributed by atoms with Gasteiger partial charge in [0.05, 0.1) is 5.92 Å². The highest BCUT2D eigenvalue weighted by Crippen LogP contribution is 2.06. The van der Waals surface area contributed by atoms with Crippen LogP contribution in [0.3, 0.4) is 0 Å². The van der Waals surface area contributed by atoms with Crippen LogP contribution in [0.2, 0.25) is 0 Å². The minimum atomic E-state index is 0.00620. The lowest BCUT2D eigenvalue weighted by molar-refractivity contribution is -0.124. The number of hydrogen-bond donors (Lipinski definition) is 3. The summed E-state index contributed by atoms with van der Waals surface area (Å²) in [5.41, 5.74) is 0. The lowest BCUT2D eigenvalue weighted by Gasteiger charge is -2.09. The monoisotopic (exact) mass is 227 g/mol. The van der Waals surface area contributed by atoms with Crippen molar-refractivity contribution in [2.75, 3.05) is 26.2 Å². The predicted octanol–water partition coefficient (Wildman–Crippen LogP) is -0.372. The molecule has 1 unspecified atom stereocenters. The van der Waals surface area contributed by atoms with E-state index in [4.69, 9.17) is 0 Å². The molecule has 1 heterocycles. The van der Waals surface area contributed by atoms with Gasteiger partial charge in [-0.15, -0.1) is 0 Å². The number of rotatable bonds is 6. The fraction of sp³-hybridized carbons (Fsp3) is 0.818. The smallest absolute Gasteiger partial charge is 0.224 e. The van der Waals surface area contributed by atoms with Crippen molar-refractivity contribution < 1.29 is 9.59 Å². The third-order valence-corrected chi connectivity index (χ3v) is 2.65. The maximum atomic E-state index is 11.6. The van der Waals surface area contributed by atoms with Gasteiger partial charge in [-0.3, -0.25) is 9.59 Å². The molecule has 1 rings (SSSR count). The fourth-order valence-corrected chi connectivity index (χ4v) is 1.67. The molecule has 5 nitrogen and oxygen atoms in total. The Morgan fingerprint density at radius 2 is 2.12 bits per heavy atom. The molecule has 1 atom stereocenters. The Kier molecular flexibility index (Phi) is 5.85. The van der Waals surface area contributed by atoms with Gasteiger partial charge in [-0.1, -0.05) is 6.92 Å². The lowest BCUT2D eigenvalue weighted by Crippen LogP contribution is -2.35. The van der Waals surface area contributed by atoms with Crippen LogP contribution in [0.4, 0.5) is 0 Å². The van der Waals surface area contributed by atoms with Crippen LogP contribution in [0.1, 0.15) is 26.2 Å². The molecule has 0 saturated carbocycles. The minimum absolute atomic E-state index is 0.00620. The average Bonchev–Trinajstić information content (AvgIpc) is 2.79. The quantitative estimate of drug-likeness (QED) is 0.580. The number of carbonyl (C=O) groups is 2. The summed E-state index contributed by atoms with van der Waals surface area (Å²) in [6, 6.07) is 0. The second-order valence-corrected chi connectivity index (χ2v) is 4.08. The van der Waals surface area contributed by atoms with E-state index in [1.54, 1.807) is 0 Å². The van der Waals surface area contributed by atoms with Gasteiger partial charge in [-0.05, 0) is 19.4 Å². The van der Waals surface area contributed by atoms with Crippen LogP contribution in [0, 0.1) is 5.92 Å². The minimum Gasteiger partial charge on any atom is -0.356 e. The van der Waals surface area contributed by atoms with Crippen molar-refractivity contribution in [2.24, 2.45) is 5.92 Å². The summed E-state index contributed by atoms with van der Waals surface area (Å²) < 4.78 is 0. The molecule has 0 spiro atoms. The zero-order valence-corrected chi connectivity index (χ0v) is 9.84. The van der Waals surface area contributed by atoms with Gasteiger partial charge < -0.3 is 16.0 Å². The molecule has 0 aliphatic carbocycles. The van der Waals surface area contributed by atoms with Gasteiger partial charge >= 0.3 is 0 Å². The molecule has 0 aromatic rings. The van der Waals surface area contributed by atoms with Gasteiger partial charge in [0, 0.05) is 26.1 Å². The number of amides is 2. The Morgan fingerprint density at radius 1 is 1.31 bits per heavy atom. The SMILES string of the molecule is CCCNC(=O)CCNC(=O)C1CCNC1. The topological polar surface area (TPSA) is 70.2 Å². The molecule has 1 saturated heterocycles. The molecular weight excluding hydrogens is 206 g/mol. The Morgan fingerprint density at radius 3 is 2.75 bits per heavy atom. The molecule has 16 heavy (non-hydrogen) atoms. The highest BCUT2D eigenvalue weighted by Gasteiger charge is 2.21. The van der Waals surface area contributed by atoms with Crippen molar-refractivity contribution in [3.8, 4) is 0 Å². The highest BCUT2D eigenvalue weighted by atomic mass is 16.2. The van der Waals surface area contributed by atoms with Crippen molar-refractivity contribution in [3.05, 3.63) is 0 Å². The molecule has 2 amide bonds. The normalized spacial score (nSPS) is 19.4. The van der Waals surface area contributed by atoms with Crippen LogP contribution in [-0.2, 0) is 9.59 Å². The van der Waals surface area contributed by atoms with Crippen LogP contribution in [0.25, 0.3) is 0 Å². The molecule has 1 aliphatic rings. The Bertz CT molecular complexity index is 237. The van der Waals surface area contributed by atoms with E-state index in [9.17, 15) is 9.59 Å². The summed E-state index contributed by atoms with van der Waals surface area (Å²) in [5, 5.41) is 8.71. The molecule has 3 N–H and O–H groups in total. The third kappa shape index (κ3) is 4.61. The van der Waals surface area contributed by atoms with E-state index in [0.717, 1.165) is 25.9 Å². The van der Waals surface area contributed by atoms with E-state index in [-0.39, 0.29) is 17.7 Å². The number of hydrogen-bond acceptors (Lipinski definition) is 3. The summed E-state index contributed by atoms with van der Waals surface area (Å²) in [4.78, 5) is 22.8. The molecule has 0 radical (unpaired) electrons. The zero-order chi connectivity index (χ0) is 11.8. The summed E-state index contributed by atoms with van der Waals surface area (Å²) in [5.74, 6) is 0.152. The zero-order valence-electron chi connectivity index (χ0n) is 9.84. The first-order chi connectivity index (χ1) is 7.74. The van der Waals surface area contributed by atoms with E-state index < -0.39 is 0 Å². The molecule has 1 fully saturated rings. The van der Waals surface area contributed by atoms with E-state index in [1.807, 2.05) is 6.92 Å². The average molecular weight is 227 g/mol. The number of nitrogens with one attached hydrogen (secondary N) is 3. The standard InChI is InChI=1S/C11H21N3O2/c1-2-5-13-10(15)4-7-14-11(16)9-3-6-12-8-9/h9,12H,2-8H2,1H3,(H,13,15)(H,14,16). The summed E-state index contributed by atoms with van der Waals surface area (Å²) in [6.45, 7) is 4.82. The van der Waals surface area contributed by atoms with E-state index in [1.165, 1.54) is 0 Å². The maximum absolute atomic E-state index is 11.6. The molecule has 1 aliphatic heterocycles. The van der Waals surface area contributed by atoms with Crippen molar-refractivity contribution in [3.63, 3.8) is 0 Å². The van der Waals surface area contributed by atoms with Crippen molar-refractivity contribution in [1.29, 1.82) is 0 Å². The number of carbonyl (C=O) groups excluding carboxylic acids is 2. The summed E-state index contributed by atoms with van der Waals surface area (Å²) >= 11 is 0. The fourth-order valence-electron chi connectivity index (χ4n) is 1.67. The van der Waals surface area contributed by atoms with Gasteiger partial charge in [0.1, 0.15) is 0 Å². The van der Waals surface area contributed by atoms with Crippen LogP contribution < -0.4 is 16.0 Å². The van der Waals surface area contributed by atoms with E-state index >= 15 is 0 Å². The lowest BCUT2D eigenvalue weighted by atomic mass is 10.1. The van der Waals surface area contributed by atoms with Crippen LogP contribution >= 0.6 is 0 Å². The molecule has 92 valence electrons. The third-order valence-electron chi connectivity index (χ3n) is 2.65. The molecule has 5 heteroatoms. The molecule has 0 bridgehead atoms. The molecule has 0 aromatic heterocycles. The second-order valence-electron chi connectivity index (χ2n) is 4.08. The van der Waals surface area contributed by atoms with Crippen LogP contribution in [-0.4, -0.2) is 38.0 Å². The van der Waals surface area contributed by atoms with E-state index in [2.05, 4.69) is 16.0 Å². The van der Waals surface area contributed by atoms with Gasteiger partial charge in [-0.25, -0.2) is 0 Å². The van der Waals surface area contributed by atoms with Gasteiger partial charge in [-0.2, -0.15) is 0 Å². The van der Waals surface area contributed by atoms with Gasteiger partial charge in [0.15, 0.2) is 0 Å². The van der Waals surface area contributed by atoms with Crippen molar-refractivity contribution in [2.45, 2.75) is 26.2 Å². The Hall–Kier alpha value is -1.10. The van der Waals surface area contributed by atoms with E-state index in [0.29, 0.717) is 19.5 Å². The first-order valence-corrected chi connectivity index (χ1v) is 5.99. The highest BCUT2D eigenvalue weighted by molar-refractivity contribution is 5.80. The Labute approximate surface area is 96.4 Å². The van der Waals surface area contributed by atoms with Crippen LogP contribution in [0.5, 0.6) is 0 Å². The second kappa shape index (κ2) is 7.22. The first kappa shape index (κ1) is 13.0. The molecular formula is C11H21N3O2. The molecule has 0 aromatic carbocycles.